The van der Waals surface area contributed by atoms with E-state index in [1.807, 2.05) is 11.8 Å². The van der Waals surface area contributed by atoms with Crippen molar-refractivity contribution in [2.75, 3.05) is 26.2 Å². The van der Waals surface area contributed by atoms with E-state index in [-0.39, 0.29) is 6.03 Å². The van der Waals surface area contributed by atoms with E-state index in [0.717, 1.165) is 39.0 Å². The van der Waals surface area contributed by atoms with E-state index in [9.17, 15) is 4.79 Å². The number of hydrogen-bond acceptors (Lipinski definition) is 2. The Morgan fingerprint density at radius 2 is 2.33 bits per heavy atom. The van der Waals surface area contributed by atoms with Crippen LogP contribution in [0.1, 0.15) is 33.1 Å². The Labute approximate surface area is 92.4 Å². The van der Waals surface area contributed by atoms with Gasteiger partial charge in [0.1, 0.15) is 0 Å². The Morgan fingerprint density at radius 1 is 1.53 bits per heavy atom. The van der Waals surface area contributed by atoms with E-state index in [0.29, 0.717) is 6.04 Å². The summed E-state index contributed by atoms with van der Waals surface area (Å²) in [6.45, 7) is 7.70. The minimum absolute atomic E-state index is 0.0908. The van der Waals surface area contributed by atoms with Gasteiger partial charge in [-0.05, 0) is 32.7 Å². The van der Waals surface area contributed by atoms with Crippen molar-refractivity contribution in [3.05, 3.63) is 0 Å². The minimum Gasteiger partial charge on any atom is -0.338 e. The van der Waals surface area contributed by atoms with E-state index in [1.54, 1.807) is 0 Å². The number of amides is 2. The summed E-state index contributed by atoms with van der Waals surface area (Å²) in [5, 5.41) is 6.28. The molecule has 1 atom stereocenters. The second-order valence-electron chi connectivity index (χ2n) is 4.02. The zero-order valence-corrected chi connectivity index (χ0v) is 9.88. The first-order chi connectivity index (χ1) is 7.29. The summed E-state index contributed by atoms with van der Waals surface area (Å²) in [5.41, 5.74) is 0. The van der Waals surface area contributed by atoms with Gasteiger partial charge < -0.3 is 15.5 Å². The first-order valence-corrected chi connectivity index (χ1v) is 6.04. The van der Waals surface area contributed by atoms with Crippen LogP contribution in [0.2, 0.25) is 0 Å². The number of hydrogen-bond donors (Lipinski definition) is 2. The molecule has 0 aromatic carbocycles. The summed E-state index contributed by atoms with van der Waals surface area (Å²) >= 11 is 0. The number of urea groups is 1. The number of nitrogens with zero attached hydrogens (tertiary/aromatic N) is 1. The molecule has 1 saturated heterocycles. The maximum Gasteiger partial charge on any atom is 0.317 e. The largest absolute Gasteiger partial charge is 0.338 e. The molecular formula is C11H23N3O. The Hall–Kier alpha value is -0.770. The number of likely N-dealkylation sites (N-methyl/N-ethyl adjacent to an activating group) is 1. The van der Waals surface area contributed by atoms with Crippen LogP contribution >= 0.6 is 0 Å². The third kappa shape index (κ3) is 3.70. The molecule has 15 heavy (non-hydrogen) atoms. The van der Waals surface area contributed by atoms with E-state index in [4.69, 9.17) is 0 Å². The molecule has 0 aromatic heterocycles. The molecule has 1 unspecified atom stereocenters. The van der Waals surface area contributed by atoms with Gasteiger partial charge in [-0.1, -0.05) is 6.92 Å². The quantitative estimate of drug-likeness (QED) is 0.736. The molecule has 1 aliphatic rings. The average Bonchev–Trinajstić information content (AvgIpc) is 2.29. The van der Waals surface area contributed by atoms with Crippen LogP contribution in [-0.2, 0) is 0 Å². The second-order valence-corrected chi connectivity index (χ2v) is 4.02. The highest BCUT2D eigenvalue weighted by atomic mass is 16.2. The Kier molecular flexibility index (Phi) is 5.47. The molecule has 88 valence electrons. The van der Waals surface area contributed by atoms with Gasteiger partial charge in [-0.15, -0.1) is 0 Å². The van der Waals surface area contributed by atoms with E-state index >= 15 is 0 Å². The number of carbonyl (C=O) groups excluding carboxylic acids is 1. The van der Waals surface area contributed by atoms with E-state index in [2.05, 4.69) is 17.6 Å². The normalized spacial score (nSPS) is 21.1. The van der Waals surface area contributed by atoms with Crippen molar-refractivity contribution in [2.24, 2.45) is 0 Å². The highest BCUT2D eigenvalue weighted by Crippen LogP contribution is 2.10. The molecule has 0 saturated carbocycles. The number of piperidine rings is 1. The monoisotopic (exact) mass is 213 g/mol. The molecule has 1 heterocycles. The van der Waals surface area contributed by atoms with Gasteiger partial charge in [0, 0.05) is 25.7 Å². The number of nitrogens with one attached hydrogen (secondary N) is 2. The first-order valence-electron chi connectivity index (χ1n) is 6.04. The van der Waals surface area contributed by atoms with Gasteiger partial charge in [-0.3, -0.25) is 0 Å². The molecule has 0 bridgehead atoms. The minimum atomic E-state index is 0.0908. The molecular weight excluding hydrogens is 190 g/mol. The van der Waals surface area contributed by atoms with Crippen molar-refractivity contribution in [2.45, 2.75) is 39.2 Å². The van der Waals surface area contributed by atoms with Crippen molar-refractivity contribution >= 4 is 6.03 Å². The van der Waals surface area contributed by atoms with Gasteiger partial charge >= 0.3 is 6.03 Å². The van der Waals surface area contributed by atoms with Crippen molar-refractivity contribution in [1.82, 2.24) is 15.5 Å². The predicted octanol–water partition coefficient (Wildman–Crippen LogP) is 1.18. The van der Waals surface area contributed by atoms with Crippen LogP contribution < -0.4 is 10.6 Å². The SMILES string of the molecule is CCCNC(=O)N(CC)C1CCCNC1. The van der Waals surface area contributed by atoms with Crippen molar-refractivity contribution in [1.29, 1.82) is 0 Å². The lowest BCUT2D eigenvalue weighted by Gasteiger charge is -2.33. The van der Waals surface area contributed by atoms with Gasteiger partial charge in [0.2, 0.25) is 0 Å². The summed E-state index contributed by atoms with van der Waals surface area (Å²) < 4.78 is 0. The topological polar surface area (TPSA) is 44.4 Å². The summed E-state index contributed by atoms with van der Waals surface area (Å²) in [5.74, 6) is 0. The van der Waals surface area contributed by atoms with Gasteiger partial charge in [-0.25, -0.2) is 4.79 Å². The smallest absolute Gasteiger partial charge is 0.317 e. The van der Waals surface area contributed by atoms with Crippen LogP contribution in [-0.4, -0.2) is 43.2 Å². The van der Waals surface area contributed by atoms with E-state index < -0.39 is 0 Å². The standard InChI is InChI=1S/C11H23N3O/c1-3-7-13-11(15)14(4-2)10-6-5-8-12-9-10/h10,12H,3-9H2,1-2H3,(H,13,15). The Morgan fingerprint density at radius 3 is 2.87 bits per heavy atom. The van der Waals surface area contributed by atoms with Gasteiger partial charge in [0.25, 0.3) is 0 Å². The van der Waals surface area contributed by atoms with Gasteiger partial charge in [0.15, 0.2) is 0 Å². The maximum absolute atomic E-state index is 11.8. The Balaban J connectivity index is 2.41. The molecule has 1 rings (SSSR count). The summed E-state index contributed by atoms with van der Waals surface area (Å²) in [6.07, 6.45) is 3.29. The van der Waals surface area contributed by atoms with Crippen LogP contribution in [0.5, 0.6) is 0 Å². The number of rotatable bonds is 4. The molecule has 4 nitrogen and oxygen atoms in total. The van der Waals surface area contributed by atoms with Crippen LogP contribution in [0.3, 0.4) is 0 Å². The lowest BCUT2D eigenvalue weighted by atomic mass is 10.1. The highest BCUT2D eigenvalue weighted by molar-refractivity contribution is 5.74. The van der Waals surface area contributed by atoms with Crippen LogP contribution in [0.25, 0.3) is 0 Å². The summed E-state index contributed by atoms with van der Waals surface area (Å²) in [7, 11) is 0. The maximum atomic E-state index is 11.8. The molecule has 1 fully saturated rings. The third-order valence-corrected chi connectivity index (χ3v) is 2.84. The molecule has 0 aliphatic carbocycles. The molecule has 2 amide bonds. The van der Waals surface area contributed by atoms with Gasteiger partial charge in [0.05, 0.1) is 0 Å². The number of carbonyl (C=O) groups is 1. The summed E-state index contributed by atoms with van der Waals surface area (Å²) in [6, 6.07) is 0.466. The fourth-order valence-electron chi connectivity index (χ4n) is 2.00. The molecule has 1 aliphatic heterocycles. The van der Waals surface area contributed by atoms with Crippen LogP contribution in [0, 0.1) is 0 Å². The zero-order valence-electron chi connectivity index (χ0n) is 9.88. The fraction of sp³-hybridized carbons (Fsp3) is 0.909. The van der Waals surface area contributed by atoms with Crippen molar-refractivity contribution in [3.63, 3.8) is 0 Å². The molecule has 0 spiro atoms. The third-order valence-electron chi connectivity index (χ3n) is 2.84. The van der Waals surface area contributed by atoms with Crippen molar-refractivity contribution < 1.29 is 4.79 Å². The van der Waals surface area contributed by atoms with Crippen LogP contribution in [0.4, 0.5) is 4.79 Å². The Bertz CT molecular complexity index is 190. The molecule has 0 aromatic rings. The van der Waals surface area contributed by atoms with E-state index in [1.165, 1.54) is 6.42 Å². The first kappa shape index (κ1) is 12.3. The lowest BCUT2D eigenvalue weighted by molar-refractivity contribution is 0.165. The molecule has 2 N–H and O–H groups in total. The van der Waals surface area contributed by atoms with Crippen molar-refractivity contribution in [3.8, 4) is 0 Å². The molecule has 0 radical (unpaired) electrons. The highest BCUT2D eigenvalue weighted by Gasteiger charge is 2.23. The predicted molar refractivity (Wildman–Crippen MR) is 62.0 cm³/mol. The molecule has 4 heteroatoms. The second kappa shape index (κ2) is 6.67. The summed E-state index contributed by atoms with van der Waals surface area (Å²) in [4.78, 5) is 13.8. The van der Waals surface area contributed by atoms with Crippen LogP contribution in [0.15, 0.2) is 0 Å². The lowest BCUT2D eigenvalue weighted by Crippen LogP contribution is -2.52. The fourth-order valence-corrected chi connectivity index (χ4v) is 2.00. The van der Waals surface area contributed by atoms with Gasteiger partial charge in [-0.2, -0.15) is 0 Å². The zero-order chi connectivity index (χ0) is 11.1. The average molecular weight is 213 g/mol.